The van der Waals surface area contributed by atoms with Crippen LogP contribution in [-0.4, -0.2) is 21.3 Å². The van der Waals surface area contributed by atoms with Crippen molar-refractivity contribution < 1.29 is 4.79 Å². The maximum atomic E-state index is 11.3. The molecule has 1 aromatic heterocycles. The van der Waals surface area contributed by atoms with E-state index in [1.165, 1.54) is 5.56 Å². The molecule has 0 N–H and O–H groups in total. The highest BCUT2D eigenvalue weighted by atomic mass is 16.1. The largest absolute Gasteiger partial charge is 0.296 e. The van der Waals surface area contributed by atoms with Crippen molar-refractivity contribution in [2.24, 2.45) is 0 Å². The van der Waals surface area contributed by atoms with Crippen LogP contribution in [0.3, 0.4) is 0 Å². The van der Waals surface area contributed by atoms with Crippen LogP contribution < -0.4 is 0 Å². The van der Waals surface area contributed by atoms with Crippen molar-refractivity contribution in [3.05, 3.63) is 65.4 Å². The Bertz CT molecular complexity index is 803. The van der Waals surface area contributed by atoms with E-state index in [2.05, 4.69) is 29.4 Å². The third-order valence-corrected chi connectivity index (χ3v) is 3.69. The molecule has 0 amide bonds. The van der Waals surface area contributed by atoms with Crippen molar-refractivity contribution in [1.29, 1.82) is 0 Å². The number of benzene rings is 2. The normalized spacial score (nSPS) is 10.6. The molecule has 0 aliphatic heterocycles. The molecule has 0 fully saturated rings. The van der Waals surface area contributed by atoms with Gasteiger partial charge >= 0.3 is 0 Å². The van der Waals surface area contributed by atoms with Crippen LogP contribution in [0.25, 0.3) is 16.9 Å². The van der Waals surface area contributed by atoms with E-state index in [4.69, 9.17) is 0 Å². The molecule has 1 heterocycles. The zero-order chi connectivity index (χ0) is 15.5. The van der Waals surface area contributed by atoms with Gasteiger partial charge < -0.3 is 0 Å². The average molecular weight is 291 g/mol. The highest BCUT2D eigenvalue weighted by Gasteiger charge is 2.15. The summed E-state index contributed by atoms with van der Waals surface area (Å²) in [6.07, 6.45) is 1.74. The first-order valence-corrected chi connectivity index (χ1v) is 7.30. The van der Waals surface area contributed by atoms with Crippen LogP contribution in [-0.2, 0) is 6.42 Å². The van der Waals surface area contributed by atoms with Crippen molar-refractivity contribution in [3.8, 4) is 16.9 Å². The minimum absolute atomic E-state index is 0.352. The average Bonchev–Trinajstić information content (AvgIpc) is 2.99. The predicted octanol–water partition coefficient (Wildman–Crippen LogP) is 3.62. The molecule has 4 heteroatoms. The van der Waals surface area contributed by atoms with Crippen LogP contribution in [0.2, 0.25) is 0 Å². The summed E-state index contributed by atoms with van der Waals surface area (Å²) in [5.74, 6) is 0. The second-order valence-corrected chi connectivity index (χ2v) is 5.24. The number of rotatable bonds is 4. The van der Waals surface area contributed by atoms with E-state index >= 15 is 0 Å². The topological polar surface area (TPSA) is 47.8 Å². The molecule has 3 aromatic rings. The fourth-order valence-corrected chi connectivity index (χ4v) is 2.49. The third-order valence-electron chi connectivity index (χ3n) is 3.69. The molecule has 0 spiro atoms. The lowest BCUT2D eigenvalue weighted by molar-refractivity contribution is 0.111. The molecule has 110 valence electrons. The minimum Gasteiger partial charge on any atom is -0.296 e. The first-order valence-electron chi connectivity index (χ1n) is 7.30. The fraction of sp³-hybridized carbons (Fsp3) is 0.167. The molecule has 0 atom stereocenters. The van der Waals surface area contributed by atoms with Gasteiger partial charge in [-0.15, -0.1) is 5.10 Å². The molecular weight excluding hydrogens is 274 g/mol. The number of carbonyl (C=O) groups is 1. The highest BCUT2D eigenvalue weighted by Crippen LogP contribution is 2.25. The number of hydrogen-bond acceptors (Lipinski definition) is 3. The smallest absolute Gasteiger partial charge is 0.172 e. The van der Waals surface area contributed by atoms with Crippen molar-refractivity contribution in [2.75, 3.05) is 0 Å². The van der Waals surface area contributed by atoms with Gasteiger partial charge in [-0.05, 0) is 37.1 Å². The van der Waals surface area contributed by atoms with Gasteiger partial charge in [-0.25, -0.2) is 4.68 Å². The summed E-state index contributed by atoms with van der Waals surface area (Å²) >= 11 is 0. The van der Waals surface area contributed by atoms with E-state index in [1.807, 2.05) is 43.3 Å². The SMILES string of the molecule is CCc1ccc(-n2nnc(C=O)c2-c2cccc(C)c2)cc1. The number of carbonyl (C=O) groups excluding carboxylic acids is 1. The van der Waals surface area contributed by atoms with Gasteiger partial charge in [0.2, 0.25) is 0 Å². The lowest BCUT2D eigenvalue weighted by Gasteiger charge is -2.08. The van der Waals surface area contributed by atoms with Gasteiger partial charge in [0.05, 0.1) is 5.69 Å². The zero-order valence-electron chi connectivity index (χ0n) is 12.7. The van der Waals surface area contributed by atoms with E-state index in [-0.39, 0.29) is 0 Å². The minimum atomic E-state index is 0.352. The number of nitrogens with zero attached hydrogens (tertiary/aromatic N) is 3. The lowest BCUT2D eigenvalue weighted by atomic mass is 10.1. The Hall–Kier alpha value is -2.75. The Kier molecular flexibility index (Phi) is 3.83. The Morgan fingerprint density at radius 3 is 2.55 bits per heavy atom. The summed E-state index contributed by atoms with van der Waals surface area (Å²) in [5.41, 5.74) is 5.30. The monoisotopic (exact) mass is 291 g/mol. The molecule has 0 bridgehead atoms. The van der Waals surface area contributed by atoms with Crippen molar-refractivity contribution in [2.45, 2.75) is 20.3 Å². The molecule has 2 aromatic carbocycles. The number of aryl methyl sites for hydroxylation is 2. The van der Waals surface area contributed by atoms with E-state index in [1.54, 1.807) is 4.68 Å². The standard InChI is InChI=1S/C18H17N3O/c1-3-14-7-9-16(10-8-14)21-18(17(12-22)19-20-21)15-6-4-5-13(2)11-15/h4-12H,3H2,1-2H3. The third kappa shape index (κ3) is 2.55. The number of aromatic nitrogens is 3. The first kappa shape index (κ1) is 14.2. The number of hydrogen-bond donors (Lipinski definition) is 0. The molecule has 22 heavy (non-hydrogen) atoms. The van der Waals surface area contributed by atoms with E-state index in [0.717, 1.165) is 35.2 Å². The molecule has 0 radical (unpaired) electrons. The van der Waals surface area contributed by atoms with Gasteiger partial charge in [-0.3, -0.25) is 4.79 Å². The van der Waals surface area contributed by atoms with E-state index < -0.39 is 0 Å². The summed E-state index contributed by atoms with van der Waals surface area (Å²) in [4.78, 5) is 11.3. The van der Waals surface area contributed by atoms with Crippen molar-refractivity contribution >= 4 is 6.29 Å². The van der Waals surface area contributed by atoms with Crippen LogP contribution in [0.4, 0.5) is 0 Å². The summed E-state index contributed by atoms with van der Waals surface area (Å²) in [6.45, 7) is 4.14. The number of aldehydes is 1. The molecule has 0 unspecified atom stereocenters. The van der Waals surface area contributed by atoms with E-state index in [9.17, 15) is 4.79 Å². The second-order valence-electron chi connectivity index (χ2n) is 5.24. The van der Waals surface area contributed by atoms with Gasteiger partial charge in [0.1, 0.15) is 5.69 Å². The Labute approximate surface area is 129 Å². The van der Waals surface area contributed by atoms with E-state index in [0.29, 0.717) is 5.69 Å². The molecule has 3 rings (SSSR count). The maximum absolute atomic E-state index is 11.3. The molecule has 0 aliphatic rings. The summed E-state index contributed by atoms with van der Waals surface area (Å²) in [7, 11) is 0. The lowest BCUT2D eigenvalue weighted by Crippen LogP contribution is -2.00. The molecule has 0 saturated carbocycles. The fourth-order valence-electron chi connectivity index (χ4n) is 2.49. The van der Waals surface area contributed by atoms with Crippen LogP contribution in [0, 0.1) is 6.92 Å². The quantitative estimate of drug-likeness (QED) is 0.690. The maximum Gasteiger partial charge on any atom is 0.172 e. The molecule has 0 saturated heterocycles. The summed E-state index contributed by atoms with van der Waals surface area (Å²) in [6, 6.07) is 16.1. The highest BCUT2D eigenvalue weighted by molar-refractivity contribution is 5.84. The Morgan fingerprint density at radius 2 is 1.91 bits per heavy atom. The van der Waals surface area contributed by atoms with Crippen LogP contribution in [0.1, 0.15) is 28.5 Å². The van der Waals surface area contributed by atoms with Gasteiger partial charge in [0.25, 0.3) is 0 Å². The Morgan fingerprint density at radius 1 is 1.14 bits per heavy atom. The summed E-state index contributed by atoms with van der Waals surface area (Å²) < 4.78 is 1.72. The van der Waals surface area contributed by atoms with Gasteiger partial charge in [-0.2, -0.15) is 0 Å². The van der Waals surface area contributed by atoms with Crippen LogP contribution in [0.15, 0.2) is 48.5 Å². The zero-order valence-corrected chi connectivity index (χ0v) is 12.7. The predicted molar refractivity (Wildman–Crippen MR) is 86.3 cm³/mol. The molecule has 0 aliphatic carbocycles. The molecular formula is C18H17N3O. The van der Waals surface area contributed by atoms with Gasteiger partial charge in [0, 0.05) is 5.56 Å². The Balaban J connectivity index is 2.16. The van der Waals surface area contributed by atoms with Crippen molar-refractivity contribution in [1.82, 2.24) is 15.0 Å². The summed E-state index contributed by atoms with van der Waals surface area (Å²) in [5, 5.41) is 8.16. The van der Waals surface area contributed by atoms with Crippen LogP contribution >= 0.6 is 0 Å². The van der Waals surface area contributed by atoms with Gasteiger partial charge in [0.15, 0.2) is 12.0 Å². The van der Waals surface area contributed by atoms with Crippen LogP contribution in [0.5, 0.6) is 0 Å². The first-order chi connectivity index (χ1) is 10.7. The second kappa shape index (κ2) is 5.93. The molecule has 4 nitrogen and oxygen atoms in total. The van der Waals surface area contributed by atoms with Crippen molar-refractivity contribution in [3.63, 3.8) is 0 Å². The van der Waals surface area contributed by atoms with Gasteiger partial charge in [-0.1, -0.05) is 48.0 Å².